The van der Waals surface area contributed by atoms with E-state index in [9.17, 15) is 0 Å². The Morgan fingerprint density at radius 2 is 1.50 bits per heavy atom. The zero-order valence-electron chi connectivity index (χ0n) is 25.0. The van der Waals surface area contributed by atoms with Crippen LogP contribution in [0.25, 0.3) is 16.8 Å². The van der Waals surface area contributed by atoms with Crippen molar-refractivity contribution in [1.82, 2.24) is 10.6 Å². The highest BCUT2D eigenvalue weighted by Crippen LogP contribution is 2.59. The van der Waals surface area contributed by atoms with Gasteiger partial charge in [0, 0.05) is 48.1 Å². The standard InChI is InChI=1S/C38H44N2/c1-36(2,3)28-17-19-35(40-23-28)31-15-11-10-14-29(31)33-24-39-25-38(37(4,5)6)21-20-34(38)32-22-27(16-18-30(32)33)26-12-8-7-9-13-26/h7-22,33-34,39-40H,23-25H2,1-6H3/t33-,34+,38?/m1/s1. The molecule has 1 aliphatic carbocycles. The lowest BCUT2D eigenvalue weighted by molar-refractivity contribution is 0.0975. The van der Waals surface area contributed by atoms with Gasteiger partial charge in [0.1, 0.15) is 0 Å². The Labute approximate surface area is 241 Å². The molecule has 2 aliphatic heterocycles. The third-order valence-corrected chi connectivity index (χ3v) is 9.72. The highest BCUT2D eigenvalue weighted by atomic mass is 14.9. The highest BCUT2D eigenvalue weighted by molar-refractivity contribution is 5.72. The zero-order chi connectivity index (χ0) is 28.1. The first-order valence-electron chi connectivity index (χ1n) is 14.9. The molecule has 1 unspecified atom stereocenters. The SMILES string of the molecule is CC(C)(C)C1=CC=C(c2ccccc2[C@H]2CNCC3(C(C)(C)C)C=C[C@H]3c3cc(-c4ccccc4)ccc32)NC1. The second kappa shape index (κ2) is 9.93. The molecule has 206 valence electrons. The van der Waals surface area contributed by atoms with Crippen LogP contribution in [0.2, 0.25) is 0 Å². The van der Waals surface area contributed by atoms with E-state index in [0.29, 0.717) is 5.92 Å². The van der Waals surface area contributed by atoms with E-state index >= 15 is 0 Å². The second-order valence-electron chi connectivity index (χ2n) is 14.0. The number of hydrogen-bond donors (Lipinski definition) is 2. The van der Waals surface area contributed by atoms with E-state index in [1.165, 1.54) is 44.7 Å². The number of dihydropyridines is 1. The second-order valence-corrected chi connectivity index (χ2v) is 14.0. The lowest BCUT2D eigenvalue weighted by Crippen LogP contribution is -2.52. The maximum atomic E-state index is 3.96. The summed E-state index contributed by atoms with van der Waals surface area (Å²) in [6.07, 6.45) is 9.56. The lowest BCUT2D eigenvalue weighted by Gasteiger charge is -2.55. The molecule has 0 radical (unpaired) electrons. The van der Waals surface area contributed by atoms with Gasteiger partial charge in [-0.05, 0) is 50.3 Å². The predicted octanol–water partition coefficient (Wildman–Crippen LogP) is 8.69. The van der Waals surface area contributed by atoms with E-state index in [2.05, 4.69) is 149 Å². The summed E-state index contributed by atoms with van der Waals surface area (Å²) in [7, 11) is 0. The number of fused-ring (bicyclic) bond motifs is 3. The fourth-order valence-electron chi connectivity index (χ4n) is 6.98. The van der Waals surface area contributed by atoms with Crippen molar-refractivity contribution in [3.05, 3.63) is 125 Å². The summed E-state index contributed by atoms with van der Waals surface area (Å²) in [5, 5.41) is 7.72. The molecule has 40 heavy (non-hydrogen) atoms. The number of hydrogen-bond acceptors (Lipinski definition) is 2. The molecule has 2 heteroatoms. The van der Waals surface area contributed by atoms with Crippen LogP contribution in [-0.2, 0) is 0 Å². The minimum absolute atomic E-state index is 0.100. The molecule has 0 fully saturated rings. The third kappa shape index (κ3) is 4.57. The Hall–Kier alpha value is -3.36. The van der Waals surface area contributed by atoms with Crippen LogP contribution in [0.1, 0.15) is 75.6 Å². The molecular weight excluding hydrogens is 484 g/mol. The van der Waals surface area contributed by atoms with Crippen LogP contribution in [-0.4, -0.2) is 19.6 Å². The zero-order valence-corrected chi connectivity index (χ0v) is 25.0. The van der Waals surface area contributed by atoms with Crippen molar-refractivity contribution in [1.29, 1.82) is 0 Å². The minimum atomic E-state index is 0.100. The fourth-order valence-corrected chi connectivity index (χ4v) is 6.98. The number of allylic oxidation sites excluding steroid dienone is 3. The lowest BCUT2D eigenvalue weighted by atomic mass is 9.51. The number of nitrogens with one attached hydrogen (secondary N) is 2. The maximum absolute atomic E-state index is 3.96. The molecule has 2 nitrogen and oxygen atoms in total. The quantitative estimate of drug-likeness (QED) is 0.332. The van der Waals surface area contributed by atoms with Crippen LogP contribution in [0.4, 0.5) is 0 Å². The number of benzene rings is 3. The largest absolute Gasteiger partial charge is 0.381 e. The van der Waals surface area contributed by atoms with Gasteiger partial charge in [-0.1, -0.05) is 133 Å². The summed E-state index contributed by atoms with van der Waals surface area (Å²) < 4.78 is 0. The van der Waals surface area contributed by atoms with Crippen molar-refractivity contribution in [2.75, 3.05) is 19.6 Å². The van der Waals surface area contributed by atoms with Crippen LogP contribution in [0.5, 0.6) is 0 Å². The molecule has 3 aromatic carbocycles. The van der Waals surface area contributed by atoms with Gasteiger partial charge in [0.25, 0.3) is 0 Å². The average molecular weight is 529 g/mol. The van der Waals surface area contributed by atoms with Crippen molar-refractivity contribution in [3.8, 4) is 11.1 Å². The molecule has 0 saturated carbocycles. The van der Waals surface area contributed by atoms with Crippen molar-refractivity contribution in [2.24, 2.45) is 16.2 Å². The molecule has 0 aromatic heterocycles. The summed E-state index contributed by atoms with van der Waals surface area (Å²) in [5.74, 6) is 0.650. The van der Waals surface area contributed by atoms with E-state index in [1.807, 2.05) is 0 Å². The van der Waals surface area contributed by atoms with E-state index in [0.717, 1.165) is 19.6 Å². The van der Waals surface area contributed by atoms with Gasteiger partial charge in [0.15, 0.2) is 0 Å². The van der Waals surface area contributed by atoms with Gasteiger partial charge in [-0.25, -0.2) is 0 Å². The van der Waals surface area contributed by atoms with Crippen LogP contribution < -0.4 is 10.6 Å². The molecule has 3 aromatic rings. The number of rotatable bonds is 3. The van der Waals surface area contributed by atoms with Gasteiger partial charge >= 0.3 is 0 Å². The summed E-state index contributed by atoms with van der Waals surface area (Å²) in [4.78, 5) is 0. The van der Waals surface area contributed by atoms with E-state index < -0.39 is 0 Å². The smallest absolute Gasteiger partial charge is 0.0419 e. The van der Waals surface area contributed by atoms with E-state index in [1.54, 1.807) is 0 Å². The summed E-state index contributed by atoms with van der Waals surface area (Å²) >= 11 is 0. The molecule has 6 rings (SSSR count). The van der Waals surface area contributed by atoms with Gasteiger partial charge in [0.2, 0.25) is 0 Å². The topological polar surface area (TPSA) is 24.1 Å². The predicted molar refractivity (Wildman–Crippen MR) is 170 cm³/mol. The Bertz CT molecular complexity index is 1490. The molecule has 0 amide bonds. The summed E-state index contributed by atoms with van der Waals surface area (Å²) in [5.41, 5.74) is 11.3. The van der Waals surface area contributed by atoms with Gasteiger partial charge in [-0.3, -0.25) is 0 Å². The molecule has 0 bridgehead atoms. The van der Waals surface area contributed by atoms with Crippen molar-refractivity contribution in [3.63, 3.8) is 0 Å². The van der Waals surface area contributed by atoms with Gasteiger partial charge < -0.3 is 10.6 Å². The minimum Gasteiger partial charge on any atom is -0.381 e. The van der Waals surface area contributed by atoms with Crippen LogP contribution >= 0.6 is 0 Å². The molecule has 2 heterocycles. The monoisotopic (exact) mass is 528 g/mol. The van der Waals surface area contributed by atoms with Crippen LogP contribution in [0.15, 0.2) is 103 Å². The van der Waals surface area contributed by atoms with Gasteiger partial charge in [-0.2, -0.15) is 0 Å². The van der Waals surface area contributed by atoms with E-state index in [4.69, 9.17) is 0 Å². The van der Waals surface area contributed by atoms with Gasteiger partial charge in [0.05, 0.1) is 0 Å². The Kier molecular flexibility index (Phi) is 6.66. The molecule has 0 spiro atoms. The first kappa shape index (κ1) is 26.8. The van der Waals surface area contributed by atoms with Gasteiger partial charge in [-0.15, -0.1) is 0 Å². The Morgan fingerprint density at radius 1 is 0.750 bits per heavy atom. The summed E-state index contributed by atoms with van der Waals surface area (Å²) in [6.45, 7) is 16.9. The first-order valence-corrected chi connectivity index (χ1v) is 14.9. The van der Waals surface area contributed by atoms with Crippen LogP contribution in [0, 0.1) is 16.2 Å². The Morgan fingerprint density at radius 3 is 2.15 bits per heavy atom. The normalized spacial score (nSPS) is 24.4. The molecule has 3 aliphatic rings. The highest BCUT2D eigenvalue weighted by Gasteiger charge is 2.51. The Balaban J connectivity index is 1.49. The molecule has 0 saturated heterocycles. The maximum Gasteiger partial charge on any atom is 0.0419 e. The molecule has 2 N–H and O–H groups in total. The first-order chi connectivity index (χ1) is 19.1. The fraction of sp³-hybridized carbons (Fsp3) is 0.368. The van der Waals surface area contributed by atoms with Crippen molar-refractivity contribution in [2.45, 2.75) is 53.4 Å². The molecule has 3 atom stereocenters. The molecular formula is C38H44N2. The van der Waals surface area contributed by atoms with E-state index in [-0.39, 0.29) is 22.2 Å². The van der Waals surface area contributed by atoms with Crippen molar-refractivity contribution < 1.29 is 0 Å². The average Bonchev–Trinajstić information content (AvgIpc) is 2.92. The third-order valence-electron chi connectivity index (χ3n) is 9.72. The van der Waals surface area contributed by atoms with Crippen molar-refractivity contribution >= 4 is 5.70 Å². The van der Waals surface area contributed by atoms with Crippen LogP contribution in [0.3, 0.4) is 0 Å². The summed E-state index contributed by atoms with van der Waals surface area (Å²) in [6, 6.07) is 27.1.